The van der Waals surface area contributed by atoms with E-state index in [9.17, 15) is 4.79 Å². The lowest BCUT2D eigenvalue weighted by molar-refractivity contribution is -0.133. The first-order valence-corrected chi connectivity index (χ1v) is 9.19. The third-order valence-corrected chi connectivity index (χ3v) is 5.95. The van der Waals surface area contributed by atoms with Crippen molar-refractivity contribution < 1.29 is 4.79 Å². The van der Waals surface area contributed by atoms with Crippen molar-refractivity contribution >= 4 is 17.2 Å². The average Bonchev–Trinajstić information content (AvgIpc) is 3.11. The van der Waals surface area contributed by atoms with Gasteiger partial charge in [0.15, 0.2) is 0 Å². The topological polar surface area (TPSA) is 32.3 Å². The molecule has 4 heteroatoms. The molecule has 2 unspecified atom stereocenters. The summed E-state index contributed by atoms with van der Waals surface area (Å²) in [4.78, 5) is 15.0. The SMILES string of the molecule is CCC1(C)NC(c2ccsc2)N(CC2CCCCC2)C1=O. The fourth-order valence-corrected chi connectivity index (χ4v) is 4.34. The van der Waals surface area contributed by atoms with Crippen molar-refractivity contribution in [1.29, 1.82) is 0 Å². The predicted molar refractivity (Wildman–Crippen MR) is 87.2 cm³/mol. The third-order valence-electron chi connectivity index (χ3n) is 5.25. The van der Waals surface area contributed by atoms with E-state index in [2.05, 4.69) is 40.9 Å². The van der Waals surface area contributed by atoms with Gasteiger partial charge in [0.25, 0.3) is 0 Å². The number of carbonyl (C=O) groups excluding carboxylic acids is 1. The highest BCUT2D eigenvalue weighted by Gasteiger charge is 2.47. The zero-order valence-electron chi connectivity index (χ0n) is 13.1. The van der Waals surface area contributed by atoms with E-state index >= 15 is 0 Å². The fraction of sp³-hybridized carbons (Fsp3) is 0.706. The number of rotatable bonds is 4. The highest BCUT2D eigenvalue weighted by Crippen LogP contribution is 2.36. The van der Waals surface area contributed by atoms with Gasteiger partial charge in [-0.15, -0.1) is 0 Å². The van der Waals surface area contributed by atoms with Crippen LogP contribution in [0.15, 0.2) is 16.8 Å². The van der Waals surface area contributed by atoms with Crippen LogP contribution in [-0.2, 0) is 4.79 Å². The Labute approximate surface area is 131 Å². The molecule has 2 fully saturated rings. The van der Waals surface area contributed by atoms with E-state index in [0.717, 1.165) is 13.0 Å². The van der Waals surface area contributed by atoms with Crippen LogP contribution < -0.4 is 5.32 Å². The van der Waals surface area contributed by atoms with Crippen LogP contribution in [0.1, 0.15) is 64.1 Å². The Morgan fingerprint density at radius 2 is 2.14 bits per heavy atom. The molecule has 2 atom stereocenters. The number of nitrogens with one attached hydrogen (secondary N) is 1. The third kappa shape index (κ3) is 2.88. The molecule has 116 valence electrons. The maximum atomic E-state index is 12.9. The molecular formula is C17H26N2OS. The molecule has 1 aromatic heterocycles. The Hall–Kier alpha value is -0.870. The first-order chi connectivity index (χ1) is 10.1. The second-order valence-electron chi connectivity index (χ2n) is 6.75. The average molecular weight is 306 g/mol. The van der Waals surface area contributed by atoms with Crippen molar-refractivity contribution in [2.45, 2.75) is 64.1 Å². The summed E-state index contributed by atoms with van der Waals surface area (Å²) >= 11 is 1.71. The summed E-state index contributed by atoms with van der Waals surface area (Å²) < 4.78 is 0. The van der Waals surface area contributed by atoms with E-state index in [-0.39, 0.29) is 12.1 Å². The van der Waals surface area contributed by atoms with Gasteiger partial charge >= 0.3 is 0 Å². The molecule has 1 aliphatic heterocycles. The molecule has 3 rings (SSSR count). The van der Waals surface area contributed by atoms with Crippen LogP contribution in [0.4, 0.5) is 0 Å². The van der Waals surface area contributed by atoms with Gasteiger partial charge in [0, 0.05) is 6.54 Å². The molecule has 2 aliphatic rings. The molecule has 0 radical (unpaired) electrons. The van der Waals surface area contributed by atoms with Gasteiger partial charge in [-0.05, 0) is 54.5 Å². The number of hydrogen-bond donors (Lipinski definition) is 1. The van der Waals surface area contributed by atoms with E-state index in [1.54, 1.807) is 11.3 Å². The zero-order chi connectivity index (χ0) is 14.9. The number of amides is 1. The summed E-state index contributed by atoms with van der Waals surface area (Å²) in [5.74, 6) is 0.969. The van der Waals surface area contributed by atoms with Gasteiger partial charge in [0.05, 0.1) is 5.54 Å². The summed E-state index contributed by atoms with van der Waals surface area (Å²) in [6.07, 6.45) is 7.49. The first-order valence-electron chi connectivity index (χ1n) is 8.25. The molecule has 1 aliphatic carbocycles. The quantitative estimate of drug-likeness (QED) is 0.914. The lowest BCUT2D eigenvalue weighted by Gasteiger charge is -2.30. The fourth-order valence-electron chi connectivity index (χ4n) is 3.66. The maximum absolute atomic E-state index is 12.9. The van der Waals surface area contributed by atoms with E-state index in [1.807, 2.05) is 0 Å². The van der Waals surface area contributed by atoms with Crippen LogP contribution in [0.3, 0.4) is 0 Å². The van der Waals surface area contributed by atoms with E-state index in [1.165, 1.54) is 37.7 Å². The zero-order valence-corrected chi connectivity index (χ0v) is 13.9. The van der Waals surface area contributed by atoms with Crippen molar-refractivity contribution in [1.82, 2.24) is 10.2 Å². The van der Waals surface area contributed by atoms with Crippen LogP contribution in [0.2, 0.25) is 0 Å². The maximum Gasteiger partial charge on any atom is 0.244 e. The summed E-state index contributed by atoms with van der Waals surface area (Å²) in [5.41, 5.74) is 0.836. The Morgan fingerprint density at radius 1 is 1.38 bits per heavy atom. The summed E-state index contributed by atoms with van der Waals surface area (Å²) in [6.45, 7) is 5.07. The lowest BCUT2D eigenvalue weighted by Crippen LogP contribution is -2.43. The normalized spacial score (nSPS) is 31.0. The second-order valence-corrected chi connectivity index (χ2v) is 7.53. The van der Waals surface area contributed by atoms with Gasteiger partial charge in [-0.2, -0.15) is 11.3 Å². The van der Waals surface area contributed by atoms with Crippen molar-refractivity contribution in [2.24, 2.45) is 5.92 Å². The van der Waals surface area contributed by atoms with Crippen molar-refractivity contribution in [2.75, 3.05) is 6.54 Å². The molecule has 1 amide bonds. The predicted octanol–water partition coefficient (Wildman–Crippen LogP) is 3.93. The Kier molecular flexibility index (Phi) is 4.36. The van der Waals surface area contributed by atoms with Crippen LogP contribution in [0.25, 0.3) is 0 Å². The van der Waals surface area contributed by atoms with Gasteiger partial charge < -0.3 is 4.90 Å². The molecule has 1 saturated heterocycles. The molecule has 2 heterocycles. The molecule has 21 heavy (non-hydrogen) atoms. The minimum absolute atomic E-state index is 0.0654. The minimum Gasteiger partial charge on any atom is -0.321 e. The highest BCUT2D eigenvalue weighted by atomic mass is 32.1. The van der Waals surface area contributed by atoms with E-state index in [4.69, 9.17) is 0 Å². The van der Waals surface area contributed by atoms with Crippen LogP contribution in [0, 0.1) is 5.92 Å². The van der Waals surface area contributed by atoms with Crippen LogP contribution >= 0.6 is 11.3 Å². The lowest BCUT2D eigenvalue weighted by atomic mass is 9.88. The molecule has 0 aromatic carbocycles. The summed E-state index contributed by atoms with van der Waals surface area (Å²) in [6, 6.07) is 2.14. The van der Waals surface area contributed by atoms with Gasteiger partial charge in [0.1, 0.15) is 6.17 Å². The Morgan fingerprint density at radius 3 is 2.76 bits per heavy atom. The molecule has 1 aromatic rings. The molecule has 1 saturated carbocycles. The molecule has 3 nitrogen and oxygen atoms in total. The van der Waals surface area contributed by atoms with Crippen LogP contribution in [0.5, 0.6) is 0 Å². The monoisotopic (exact) mass is 306 g/mol. The first kappa shape index (κ1) is 15.0. The largest absolute Gasteiger partial charge is 0.321 e. The minimum atomic E-state index is -0.402. The van der Waals surface area contributed by atoms with Crippen molar-refractivity contribution in [3.63, 3.8) is 0 Å². The van der Waals surface area contributed by atoms with Gasteiger partial charge in [-0.1, -0.05) is 26.2 Å². The standard InChI is InChI=1S/C17H26N2OS/c1-3-17(2)16(20)19(11-13-7-5-4-6-8-13)15(18-17)14-9-10-21-12-14/h9-10,12-13,15,18H,3-8,11H2,1-2H3. The smallest absolute Gasteiger partial charge is 0.244 e. The number of carbonyl (C=O) groups is 1. The van der Waals surface area contributed by atoms with E-state index < -0.39 is 5.54 Å². The number of hydrogen-bond acceptors (Lipinski definition) is 3. The Bertz CT molecular complexity index is 481. The van der Waals surface area contributed by atoms with Gasteiger partial charge in [0.2, 0.25) is 5.91 Å². The van der Waals surface area contributed by atoms with Crippen molar-refractivity contribution in [3.8, 4) is 0 Å². The van der Waals surface area contributed by atoms with Gasteiger partial charge in [-0.25, -0.2) is 0 Å². The molecule has 1 N–H and O–H groups in total. The Balaban J connectivity index is 1.81. The summed E-state index contributed by atoms with van der Waals surface area (Å²) in [7, 11) is 0. The van der Waals surface area contributed by atoms with Crippen LogP contribution in [-0.4, -0.2) is 22.9 Å². The molecule has 0 spiro atoms. The van der Waals surface area contributed by atoms with Crippen molar-refractivity contribution in [3.05, 3.63) is 22.4 Å². The van der Waals surface area contributed by atoms with Gasteiger partial charge in [-0.3, -0.25) is 10.1 Å². The van der Waals surface area contributed by atoms with E-state index in [0.29, 0.717) is 5.92 Å². The number of thiophene rings is 1. The second kappa shape index (κ2) is 6.09. The number of nitrogens with zero attached hydrogens (tertiary/aromatic N) is 1. The molecule has 0 bridgehead atoms. The summed E-state index contributed by atoms with van der Waals surface area (Å²) in [5, 5.41) is 7.86. The highest BCUT2D eigenvalue weighted by molar-refractivity contribution is 7.07. The molecular weight excluding hydrogens is 280 g/mol.